The zero-order chi connectivity index (χ0) is 23.2. The van der Waals surface area contributed by atoms with Gasteiger partial charge in [0.2, 0.25) is 5.91 Å². The van der Waals surface area contributed by atoms with Crippen LogP contribution in [0.25, 0.3) is 5.69 Å². The van der Waals surface area contributed by atoms with E-state index < -0.39 is 0 Å². The van der Waals surface area contributed by atoms with Gasteiger partial charge in [0, 0.05) is 25.6 Å². The van der Waals surface area contributed by atoms with Crippen molar-refractivity contribution in [3.63, 3.8) is 0 Å². The van der Waals surface area contributed by atoms with E-state index in [4.69, 9.17) is 0 Å². The van der Waals surface area contributed by atoms with E-state index >= 15 is 0 Å². The summed E-state index contributed by atoms with van der Waals surface area (Å²) in [5.41, 5.74) is 1.35. The van der Waals surface area contributed by atoms with Crippen molar-refractivity contribution in [3.05, 3.63) is 46.4 Å². The molecule has 1 aromatic carbocycles. The normalized spacial score (nSPS) is 27.4. The second kappa shape index (κ2) is 8.39. The van der Waals surface area contributed by atoms with Crippen molar-refractivity contribution < 1.29 is 9.59 Å². The summed E-state index contributed by atoms with van der Waals surface area (Å²) in [6, 6.07) is 9.12. The Balaban J connectivity index is 1.15. The van der Waals surface area contributed by atoms with Crippen LogP contribution < -0.4 is 21.5 Å². The number of carbonyl (C=O) groups excluding carboxylic acids is 2. The number of hydrogen-bond acceptors (Lipinski definition) is 3. The number of hydrogen-bond donors (Lipinski definition) is 3. The van der Waals surface area contributed by atoms with Crippen LogP contribution in [0.2, 0.25) is 0 Å². The van der Waals surface area contributed by atoms with Crippen LogP contribution in [-0.2, 0) is 11.8 Å². The molecule has 0 spiro atoms. The number of carbonyl (C=O) groups is 2. The fourth-order valence-electron chi connectivity index (χ4n) is 6.75. The molecule has 33 heavy (non-hydrogen) atoms. The maximum Gasteiger partial charge on any atom is 0.315 e. The number of aromatic nitrogens is 2. The van der Waals surface area contributed by atoms with Crippen molar-refractivity contribution in [2.24, 2.45) is 24.8 Å². The second-order valence-corrected chi connectivity index (χ2v) is 10.3. The van der Waals surface area contributed by atoms with Gasteiger partial charge in [-0.05, 0) is 75.3 Å². The minimum atomic E-state index is -0.295. The van der Waals surface area contributed by atoms with Gasteiger partial charge in [0.1, 0.15) is 5.69 Å². The lowest BCUT2D eigenvalue weighted by Gasteiger charge is -2.56. The van der Waals surface area contributed by atoms with Crippen LogP contribution in [0, 0.1) is 24.7 Å². The Hall–Kier alpha value is -3.03. The third-order valence-corrected chi connectivity index (χ3v) is 7.87. The summed E-state index contributed by atoms with van der Waals surface area (Å²) in [5.74, 6) is 1.99. The van der Waals surface area contributed by atoms with Crippen LogP contribution >= 0.6 is 0 Å². The van der Waals surface area contributed by atoms with E-state index in [1.807, 2.05) is 30.3 Å². The summed E-state index contributed by atoms with van der Waals surface area (Å²) in [7, 11) is 1.79. The fourth-order valence-corrected chi connectivity index (χ4v) is 6.75. The molecular weight excluding hydrogens is 418 g/mol. The van der Waals surface area contributed by atoms with Crippen molar-refractivity contribution >= 4 is 17.6 Å². The van der Waals surface area contributed by atoms with E-state index in [1.165, 1.54) is 23.9 Å². The lowest BCUT2D eigenvalue weighted by molar-refractivity contribution is -0.116. The first kappa shape index (κ1) is 21.8. The Bertz CT molecular complexity index is 1080. The predicted molar refractivity (Wildman–Crippen MR) is 126 cm³/mol. The number of amides is 3. The first-order valence-corrected chi connectivity index (χ1v) is 12.0. The summed E-state index contributed by atoms with van der Waals surface area (Å²) < 4.78 is 3.26. The SMILES string of the molecule is Cc1c(NC(=O)CCNC(=O)NC23CC4CC(CC(C4)C2)C3)c(=O)n(-c2ccccc2)n1C. The molecule has 0 radical (unpaired) electrons. The molecule has 3 amide bonds. The van der Waals surface area contributed by atoms with Gasteiger partial charge in [-0.15, -0.1) is 0 Å². The summed E-state index contributed by atoms with van der Waals surface area (Å²) in [6.07, 6.45) is 7.36. The van der Waals surface area contributed by atoms with Crippen molar-refractivity contribution in [1.82, 2.24) is 20.0 Å². The van der Waals surface area contributed by atoms with E-state index in [-0.39, 0.29) is 41.7 Å². The number of rotatable bonds is 6. The number of anilines is 1. The Morgan fingerprint density at radius 2 is 1.64 bits per heavy atom. The van der Waals surface area contributed by atoms with Crippen molar-refractivity contribution in [2.75, 3.05) is 11.9 Å². The van der Waals surface area contributed by atoms with Crippen LogP contribution in [0.5, 0.6) is 0 Å². The summed E-state index contributed by atoms with van der Waals surface area (Å²) in [5, 5.41) is 8.85. The van der Waals surface area contributed by atoms with E-state index in [2.05, 4.69) is 16.0 Å². The number of para-hydroxylation sites is 1. The third kappa shape index (κ3) is 4.18. The number of nitrogens with one attached hydrogen (secondary N) is 3. The van der Waals surface area contributed by atoms with Crippen LogP contribution in [-0.4, -0.2) is 33.4 Å². The molecule has 4 fully saturated rings. The Morgan fingerprint density at radius 1 is 1.03 bits per heavy atom. The van der Waals surface area contributed by atoms with Gasteiger partial charge in [0.05, 0.1) is 11.4 Å². The quantitative estimate of drug-likeness (QED) is 0.630. The molecule has 2 aromatic rings. The number of benzene rings is 1. The van der Waals surface area contributed by atoms with Crippen molar-refractivity contribution in [3.8, 4) is 5.69 Å². The molecule has 8 heteroatoms. The maximum atomic E-state index is 12.9. The molecule has 0 aliphatic heterocycles. The predicted octanol–water partition coefficient (Wildman–Crippen LogP) is 3.08. The molecule has 1 heterocycles. The molecule has 0 saturated heterocycles. The molecule has 4 aliphatic carbocycles. The average Bonchev–Trinajstić information content (AvgIpc) is 2.96. The van der Waals surface area contributed by atoms with Gasteiger partial charge in [-0.2, -0.15) is 0 Å². The first-order valence-electron chi connectivity index (χ1n) is 12.0. The van der Waals surface area contributed by atoms with E-state index in [1.54, 1.807) is 18.7 Å². The van der Waals surface area contributed by atoms with Gasteiger partial charge in [0.15, 0.2) is 0 Å². The molecule has 0 unspecified atom stereocenters. The zero-order valence-electron chi connectivity index (χ0n) is 19.4. The Morgan fingerprint density at radius 3 is 2.24 bits per heavy atom. The molecule has 6 rings (SSSR count). The summed E-state index contributed by atoms with van der Waals surface area (Å²) >= 11 is 0. The van der Waals surface area contributed by atoms with Gasteiger partial charge in [-0.25, -0.2) is 9.48 Å². The van der Waals surface area contributed by atoms with Gasteiger partial charge in [0.25, 0.3) is 5.56 Å². The highest BCUT2D eigenvalue weighted by atomic mass is 16.2. The topological polar surface area (TPSA) is 97.2 Å². The van der Waals surface area contributed by atoms with E-state index in [0.29, 0.717) is 5.69 Å². The lowest BCUT2D eigenvalue weighted by Crippen LogP contribution is -2.61. The molecule has 0 atom stereocenters. The van der Waals surface area contributed by atoms with Gasteiger partial charge in [-0.1, -0.05) is 18.2 Å². The molecule has 3 N–H and O–H groups in total. The second-order valence-electron chi connectivity index (χ2n) is 10.3. The minimum Gasteiger partial charge on any atom is -0.338 e. The highest BCUT2D eigenvalue weighted by Gasteiger charge is 2.51. The fraction of sp³-hybridized carbons (Fsp3) is 0.560. The Kier molecular flexibility index (Phi) is 5.54. The van der Waals surface area contributed by atoms with Crippen LogP contribution in [0.4, 0.5) is 10.5 Å². The molecule has 1 aromatic heterocycles. The standard InChI is InChI=1S/C25H33N5O3/c1-16-22(23(32)30(29(16)2)20-6-4-3-5-7-20)27-21(31)8-9-26-24(33)28-25-13-17-10-18(14-25)12-19(11-17)15-25/h3-7,17-19H,8-15H2,1-2H3,(H,27,31)(H2,26,28,33). The molecule has 8 nitrogen and oxygen atoms in total. The highest BCUT2D eigenvalue weighted by molar-refractivity contribution is 5.91. The smallest absolute Gasteiger partial charge is 0.315 e. The minimum absolute atomic E-state index is 0.0508. The summed E-state index contributed by atoms with van der Waals surface area (Å²) in [6.45, 7) is 2.02. The lowest BCUT2D eigenvalue weighted by atomic mass is 9.53. The molecule has 4 aliphatic rings. The molecular formula is C25H33N5O3. The first-order chi connectivity index (χ1) is 15.8. The highest BCUT2D eigenvalue weighted by Crippen LogP contribution is 2.55. The molecule has 4 saturated carbocycles. The number of urea groups is 1. The largest absolute Gasteiger partial charge is 0.338 e. The third-order valence-electron chi connectivity index (χ3n) is 7.87. The van der Waals surface area contributed by atoms with Crippen LogP contribution in [0.1, 0.15) is 50.6 Å². The molecule has 176 valence electrons. The Labute approximate surface area is 193 Å². The van der Waals surface area contributed by atoms with Gasteiger partial charge >= 0.3 is 6.03 Å². The van der Waals surface area contributed by atoms with Gasteiger partial charge in [-0.3, -0.25) is 14.3 Å². The van der Waals surface area contributed by atoms with Crippen molar-refractivity contribution in [2.45, 2.75) is 57.4 Å². The average molecular weight is 452 g/mol. The summed E-state index contributed by atoms with van der Waals surface area (Å²) in [4.78, 5) is 38.0. The molecule has 4 bridgehead atoms. The number of nitrogens with zero attached hydrogens (tertiary/aromatic N) is 2. The van der Waals surface area contributed by atoms with Crippen LogP contribution in [0.15, 0.2) is 35.1 Å². The van der Waals surface area contributed by atoms with Crippen molar-refractivity contribution in [1.29, 1.82) is 0 Å². The van der Waals surface area contributed by atoms with E-state index in [9.17, 15) is 14.4 Å². The van der Waals surface area contributed by atoms with Crippen LogP contribution in [0.3, 0.4) is 0 Å². The maximum absolute atomic E-state index is 12.9. The van der Waals surface area contributed by atoms with E-state index in [0.717, 1.165) is 42.7 Å². The van der Waals surface area contributed by atoms with Gasteiger partial charge < -0.3 is 16.0 Å². The zero-order valence-corrected chi connectivity index (χ0v) is 19.4. The monoisotopic (exact) mass is 451 g/mol.